The van der Waals surface area contributed by atoms with Crippen molar-refractivity contribution in [1.82, 2.24) is 15.0 Å². The average Bonchev–Trinajstić information content (AvgIpc) is 3.45. The molecule has 10 aromatic rings. The zero-order chi connectivity index (χ0) is 40.8. The van der Waals surface area contributed by atoms with Gasteiger partial charge in [0, 0.05) is 55.6 Å². The van der Waals surface area contributed by atoms with E-state index in [4.69, 9.17) is 9.97 Å². The van der Waals surface area contributed by atoms with E-state index in [9.17, 15) is 0 Å². The van der Waals surface area contributed by atoms with Crippen molar-refractivity contribution in [3.8, 4) is 44.8 Å². The molecule has 8 aromatic carbocycles. The lowest BCUT2D eigenvalue weighted by Crippen LogP contribution is -2.09. The Balaban J connectivity index is 0.000000581. The Morgan fingerprint density at radius 1 is 0.377 bits per heavy atom. The van der Waals surface area contributed by atoms with Gasteiger partial charge >= 0.3 is 0 Å². The molecule has 4 heteroatoms. The summed E-state index contributed by atoms with van der Waals surface area (Å²) in [6, 6.07) is 70.3. The van der Waals surface area contributed by atoms with Gasteiger partial charge in [-0.1, -0.05) is 176 Å². The number of nitrogens with zero attached hydrogens (tertiary/aromatic N) is 3. The number of H-pyrrole nitrogens is 1. The molecule has 0 saturated heterocycles. The second-order valence-corrected chi connectivity index (χ2v) is 15.0. The molecule has 0 spiro atoms. The van der Waals surface area contributed by atoms with Crippen LogP contribution in [0.4, 0.5) is 17.1 Å². The Hall–Kier alpha value is -8.08. The van der Waals surface area contributed by atoms with E-state index in [1.54, 1.807) is 0 Å². The number of anilines is 3. The number of hydrogen-bond acceptors (Lipinski definition) is 3. The quantitative estimate of drug-likeness (QED) is 0.175. The number of para-hydroxylation sites is 3. The molecule has 1 aliphatic rings. The number of rotatable bonds is 7. The fraction of sp³-hybridized carbons (Fsp3) is 0.0175. The van der Waals surface area contributed by atoms with E-state index in [1.807, 2.05) is 18.2 Å². The second kappa shape index (κ2) is 17.0. The lowest BCUT2D eigenvalue weighted by molar-refractivity contribution is 1.27. The smallest absolute Gasteiger partial charge is 0.0973 e. The van der Waals surface area contributed by atoms with E-state index in [-0.39, 0.29) is 0 Å². The summed E-state index contributed by atoms with van der Waals surface area (Å²) in [5.41, 5.74) is 15.5. The third kappa shape index (κ3) is 7.78. The van der Waals surface area contributed by atoms with Crippen molar-refractivity contribution in [1.29, 1.82) is 0 Å². The van der Waals surface area contributed by atoms with E-state index in [2.05, 4.69) is 228 Å². The summed E-state index contributed by atoms with van der Waals surface area (Å²) in [7, 11) is 0. The topological polar surface area (TPSA) is 44.8 Å². The molecule has 0 aliphatic heterocycles. The Kier molecular flexibility index (Phi) is 10.4. The van der Waals surface area contributed by atoms with E-state index >= 15 is 0 Å². The van der Waals surface area contributed by atoms with Gasteiger partial charge in [0.05, 0.1) is 22.4 Å². The van der Waals surface area contributed by atoms with Crippen LogP contribution < -0.4 is 4.90 Å². The van der Waals surface area contributed by atoms with Gasteiger partial charge in [-0.25, -0.2) is 9.97 Å². The Bertz CT molecular complexity index is 3180. The highest BCUT2D eigenvalue weighted by atomic mass is 15.1. The summed E-state index contributed by atoms with van der Waals surface area (Å²) in [4.78, 5) is 16.7. The molecule has 290 valence electrons. The van der Waals surface area contributed by atoms with E-state index in [0.29, 0.717) is 0 Å². The van der Waals surface area contributed by atoms with Gasteiger partial charge in [-0.3, -0.25) is 0 Å². The van der Waals surface area contributed by atoms with Crippen molar-refractivity contribution in [2.45, 2.75) is 6.42 Å². The Labute approximate surface area is 356 Å². The van der Waals surface area contributed by atoms with Crippen LogP contribution in [0.5, 0.6) is 0 Å². The minimum atomic E-state index is 0.849. The molecule has 4 nitrogen and oxygen atoms in total. The van der Waals surface area contributed by atoms with Crippen LogP contribution in [0.3, 0.4) is 0 Å². The maximum Gasteiger partial charge on any atom is 0.0973 e. The van der Waals surface area contributed by atoms with Gasteiger partial charge in [0.2, 0.25) is 0 Å². The van der Waals surface area contributed by atoms with Crippen LogP contribution >= 0.6 is 0 Å². The largest absolute Gasteiger partial charge is 0.355 e. The molecular weight excluding hydrogens is 741 g/mol. The number of nitrogens with one attached hydrogen (secondary N) is 1. The van der Waals surface area contributed by atoms with Crippen LogP contribution in [0, 0.1) is 0 Å². The van der Waals surface area contributed by atoms with Crippen molar-refractivity contribution in [2.75, 3.05) is 4.90 Å². The highest BCUT2D eigenvalue weighted by Gasteiger charge is 2.19. The number of aromatic amines is 1. The van der Waals surface area contributed by atoms with Crippen LogP contribution in [0.1, 0.15) is 6.42 Å². The van der Waals surface area contributed by atoms with Crippen molar-refractivity contribution < 1.29 is 0 Å². The molecule has 2 heterocycles. The van der Waals surface area contributed by atoms with E-state index in [1.165, 1.54) is 21.9 Å². The minimum absolute atomic E-state index is 0.849. The summed E-state index contributed by atoms with van der Waals surface area (Å²) in [6.45, 7) is 0. The van der Waals surface area contributed by atoms with Crippen molar-refractivity contribution in [3.63, 3.8) is 0 Å². The molecule has 11 rings (SSSR count). The van der Waals surface area contributed by atoms with Crippen LogP contribution in [0.15, 0.2) is 237 Å². The van der Waals surface area contributed by atoms with E-state index in [0.717, 1.165) is 79.2 Å². The average molecular weight is 783 g/mol. The molecular formula is C57H42N4. The fourth-order valence-electron chi connectivity index (χ4n) is 8.09. The predicted octanol–water partition coefficient (Wildman–Crippen LogP) is 15.5. The number of benzene rings is 8. The molecule has 2 aromatic heterocycles. The lowest BCUT2D eigenvalue weighted by atomic mass is 9.97. The summed E-state index contributed by atoms with van der Waals surface area (Å²) in [6.07, 6.45) is 13.5. The summed E-state index contributed by atoms with van der Waals surface area (Å²) < 4.78 is 0. The molecule has 0 atom stereocenters. The normalized spacial score (nSPS) is 12.0. The first-order valence-electron chi connectivity index (χ1n) is 20.7. The molecule has 0 radical (unpaired) electrons. The van der Waals surface area contributed by atoms with Crippen molar-refractivity contribution >= 4 is 49.9 Å². The highest BCUT2D eigenvalue weighted by Crippen LogP contribution is 2.40. The fourth-order valence-corrected chi connectivity index (χ4v) is 8.09. The van der Waals surface area contributed by atoms with Gasteiger partial charge in [0.1, 0.15) is 0 Å². The SMILES string of the molecule is C1=CC=CCC=C1.c1ccc(-c2cccc(-c3cccc4nc(-c5ccc(N(c6ccccc6)c6ccc7[nH]c8ccccc8c7c6)cc5)c(-c5ccccc5)nc34)c2)cc1. The standard InChI is InChI=1S/C50H34N4.C7H8/c1-4-14-34(15-5-1)37-18-12-19-38(32-37)42-23-13-25-47-50(42)53-49(35-16-6-2-7-17-35)48(52-47)36-26-28-40(29-27-36)54(39-20-8-3-9-21-39)41-30-31-46-44(33-41)43-22-10-11-24-45(43)51-46;1-2-4-6-7-5-3-1/h1-33,51H;1-6H,7H2. The number of fused-ring (bicyclic) bond motifs is 4. The van der Waals surface area contributed by atoms with Crippen molar-refractivity contribution in [3.05, 3.63) is 237 Å². The van der Waals surface area contributed by atoms with Crippen LogP contribution in [-0.4, -0.2) is 15.0 Å². The van der Waals surface area contributed by atoms with Crippen LogP contribution in [-0.2, 0) is 0 Å². The molecule has 1 aliphatic carbocycles. The predicted molar refractivity (Wildman–Crippen MR) is 257 cm³/mol. The molecule has 0 saturated carbocycles. The van der Waals surface area contributed by atoms with Crippen LogP contribution in [0.25, 0.3) is 77.6 Å². The van der Waals surface area contributed by atoms with Gasteiger partial charge in [-0.05, 0) is 83.8 Å². The minimum Gasteiger partial charge on any atom is -0.355 e. The Morgan fingerprint density at radius 3 is 1.72 bits per heavy atom. The summed E-state index contributed by atoms with van der Waals surface area (Å²) >= 11 is 0. The van der Waals surface area contributed by atoms with Crippen LogP contribution in [0.2, 0.25) is 0 Å². The van der Waals surface area contributed by atoms with Crippen molar-refractivity contribution in [2.24, 2.45) is 0 Å². The third-order valence-corrected chi connectivity index (χ3v) is 11.1. The zero-order valence-electron chi connectivity index (χ0n) is 33.6. The second-order valence-electron chi connectivity index (χ2n) is 15.0. The molecule has 1 N–H and O–H groups in total. The number of allylic oxidation sites excluding steroid dienone is 6. The first-order valence-corrected chi connectivity index (χ1v) is 20.7. The maximum atomic E-state index is 5.43. The summed E-state index contributed by atoms with van der Waals surface area (Å²) in [5.74, 6) is 0. The molecule has 0 unspecified atom stereocenters. The third-order valence-electron chi connectivity index (χ3n) is 11.1. The molecule has 0 bridgehead atoms. The molecule has 0 amide bonds. The molecule has 0 fully saturated rings. The Morgan fingerprint density at radius 2 is 0.951 bits per heavy atom. The highest BCUT2D eigenvalue weighted by molar-refractivity contribution is 6.08. The van der Waals surface area contributed by atoms with Gasteiger partial charge in [0.15, 0.2) is 0 Å². The van der Waals surface area contributed by atoms with E-state index < -0.39 is 0 Å². The van der Waals surface area contributed by atoms with Gasteiger partial charge in [-0.2, -0.15) is 0 Å². The van der Waals surface area contributed by atoms with Gasteiger partial charge in [0.25, 0.3) is 0 Å². The van der Waals surface area contributed by atoms with Gasteiger partial charge < -0.3 is 9.88 Å². The monoisotopic (exact) mass is 782 g/mol. The number of aromatic nitrogens is 3. The summed E-state index contributed by atoms with van der Waals surface area (Å²) in [5, 5.41) is 2.42. The number of hydrogen-bond donors (Lipinski definition) is 1. The lowest BCUT2D eigenvalue weighted by Gasteiger charge is -2.26. The first-order chi connectivity index (χ1) is 30.3. The van der Waals surface area contributed by atoms with Gasteiger partial charge in [-0.15, -0.1) is 0 Å². The molecule has 61 heavy (non-hydrogen) atoms. The zero-order valence-corrected chi connectivity index (χ0v) is 33.6. The maximum absolute atomic E-state index is 5.43. The first kappa shape index (κ1) is 37.2.